The highest BCUT2D eigenvalue weighted by Gasteiger charge is 2.26. The van der Waals surface area contributed by atoms with Gasteiger partial charge >= 0.3 is 5.97 Å². The van der Waals surface area contributed by atoms with Crippen molar-refractivity contribution in [2.45, 2.75) is 32.4 Å². The van der Waals surface area contributed by atoms with Gasteiger partial charge in [-0.05, 0) is 43.5 Å². The molecule has 1 aliphatic rings. The predicted molar refractivity (Wildman–Crippen MR) is 79.1 cm³/mol. The van der Waals surface area contributed by atoms with Crippen molar-refractivity contribution in [1.29, 1.82) is 0 Å². The zero-order valence-corrected chi connectivity index (χ0v) is 12.1. The molecule has 21 heavy (non-hydrogen) atoms. The van der Waals surface area contributed by atoms with E-state index < -0.39 is 5.97 Å². The molecule has 1 aliphatic heterocycles. The fraction of sp³-hybridized carbons (Fsp3) is 0.375. The molecule has 1 aromatic rings. The Labute approximate surface area is 123 Å². The van der Waals surface area contributed by atoms with Crippen LogP contribution in [0.15, 0.2) is 24.3 Å². The summed E-state index contributed by atoms with van der Waals surface area (Å²) in [6, 6.07) is 5.30. The Morgan fingerprint density at radius 3 is 2.81 bits per heavy atom. The number of aliphatic carboxylic acids is 1. The van der Waals surface area contributed by atoms with Crippen molar-refractivity contribution >= 4 is 18.0 Å². The first-order valence-corrected chi connectivity index (χ1v) is 6.92. The second-order valence-corrected chi connectivity index (χ2v) is 5.14. The summed E-state index contributed by atoms with van der Waals surface area (Å²) in [5.41, 5.74) is 2.04. The number of carbonyl (C=O) groups is 2. The van der Waals surface area contributed by atoms with E-state index in [0.717, 1.165) is 23.6 Å². The molecule has 1 saturated heterocycles. The summed E-state index contributed by atoms with van der Waals surface area (Å²) in [5, 5.41) is 11.7. The highest BCUT2D eigenvalue weighted by molar-refractivity contribution is 5.97. The standard InChI is InChI=1S/C16H19NO4/c1-10-12(6-7-15(18)19)4-3-5-13(10)16(20)17-14-8-9-21-11(14)2/h3-7,11,14H,8-9H2,1-2H3,(H,17,20)(H,18,19)/b7-6+. The number of carboxylic acids is 1. The summed E-state index contributed by atoms with van der Waals surface area (Å²) in [4.78, 5) is 22.9. The molecule has 0 radical (unpaired) electrons. The van der Waals surface area contributed by atoms with Gasteiger partial charge in [0.2, 0.25) is 0 Å². The van der Waals surface area contributed by atoms with Gasteiger partial charge in [-0.1, -0.05) is 12.1 Å². The predicted octanol–water partition coefficient (Wildman–Crippen LogP) is 2.00. The zero-order chi connectivity index (χ0) is 15.4. The third-order valence-corrected chi connectivity index (χ3v) is 3.72. The van der Waals surface area contributed by atoms with E-state index in [9.17, 15) is 9.59 Å². The molecule has 5 heteroatoms. The first kappa shape index (κ1) is 15.3. The molecule has 5 nitrogen and oxygen atoms in total. The molecule has 0 bridgehead atoms. The van der Waals surface area contributed by atoms with Crippen LogP contribution in [0.4, 0.5) is 0 Å². The van der Waals surface area contributed by atoms with E-state index in [1.807, 2.05) is 13.8 Å². The van der Waals surface area contributed by atoms with Gasteiger partial charge in [0.05, 0.1) is 12.1 Å². The van der Waals surface area contributed by atoms with E-state index in [2.05, 4.69) is 5.32 Å². The monoisotopic (exact) mass is 289 g/mol. The minimum Gasteiger partial charge on any atom is -0.478 e. The normalized spacial score (nSPS) is 21.6. The van der Waals surface area contributed by atoms with E-state index in [1.54, 1.807) is 18.2 Å². The summed E-state index contributed by atoms with van der Waals surface area (Å²) in [6.07, 6.45) is 3.39. The van der Waals surface area contributed by atoms with Gasteiger partial charge < -0.3 is 15.2 Å². The number of carboxylic acid groups (broad SMARTS) is 1. The Morgan fingerprint density at radius 1 is 1.43 bits per heavy atom. The number of benzene rings is 1. The number of nitrogens with one attached hydrogen (secondary N) is 1. The van der Waals surface area contributed by atoms with E-state index in [4.69, 9.17) is 9.84 Å². The number of rotatable bonds is 4. The van der Waals surface area contributed by atoms with Crippen LogP contribution in [0.5, 0.6) is 0 Å². The van der Waals surface area contributed by atoms with Gasteiger partial charge in [-0.15, -0.1) is 0 Å². The molecule has 2 rings (SSSR count). The molecular weight excluding hydrogens is 270 g/mol. The molecule has 0 saturated carbocycles. The van der Waals surface area contributed by atoms with Crippen molar-refractivity contribution in [2.75, 3.05) is 6.61 Å². The summed E-state index contributed by atoms with van der Waals surface area (Å²) < 4.78 is 5.43. The number of amides is 1. The van der Waals surface area contributed by atoms with Crippen LogP contribution in [0.1, 0.15) is 34.8 Å². The van der Waals surface area contributed by atoms with Crippen molar-refractivity contribution < 1.29 is 19.4 Å². The number of ether oxygens (including phenoxy) is 1. The SMILES string of the molecule is Cc1c(/C=C/C(=O)O)cccc1C(=O)NC1CCOC1C. The Hall–Kier alpha value is -2.14. The molecule has 2 N–H and O–H groups in total. The summed E-state index contributed by atoms with van der Waals surface area (Å²) >= 11 is 0. The molecule has 1 aromatic carbocycles. The van der Waals surface area contributed by atoms with Crippen LogP contribution in [0.3, 0.4) is 0 Å². The minimum atomic E-state index is -1.01. The highest BCUT2D eigenvalue weighted by atomic mass is 16.5. The molecule has 0 aliphatic carbocycles. The van der Waals surface area contributed by atoms with E-state index in [0.29, 0.717) is 12.2 Å². The van der Waals surface area contributed by atoms with Gasteiger partial charge in [-0.2, -0.15) is 0 Å². The molecular formula is C16H19NO4. The van der Waals surface area contributed by atoms with Crippen molar-refractivity contribution in [3.05, 3.63) is 41.0 Å². The summed E-state index contributed by atoms with van der Waals surface area (Å²) in [5.74, 6) is -1.17. The molecule has 2 unspecified atom stereocenters. The lowest BCUT2D eigenvalue weighted by Crippen LogP contribution is -2.39. The van der Waals surface area contributed by atoms with Crippen LogP contribution in [0.2, 0.25) is 0 Å². The Morgan fingerprint density at radius 2 is 2.19 bits per heavy atom. The van der Waals surface area contributed by atoms with Crippen LogP contribution in [-0.4, -0.2) is 35.7 Å². The number of carbonyl (C=O) groups excluding carboxylic acids is 1. The Balaban J connectivity index is 2.17. The fourth-order valence-corrected chi connectivity index (χ4v) is 2.41. The quantitative estimate of drug-likeness (QED) is 0.831. The van der Waals surface area contributed by atoms with Crippen LogP contribution >= 0.6 is 0 Å². The zero-order valence-electron chi connectivity index (χ0n) is 12.1. The Kier molecular flexibility index (Phi) is 4.75. The van der Waals surface area contributed by atoms with Crippen LogP contribution in [0.25, 0.3) is 6.08 Å². The molecule has 112 valence electrons. The average Bonchev–Trinajstić information content (AvgIpc) is 2.83. The van der Waals surface area contributed by atoms with E-state index >= 15 is 0 Å². The minimum absolute atomic E-state index is 0.0179. The van der Waals surface area contributed by atoms with E-state index in [-0.39, 0.29) is 18.1 Å². The molecule has 1 heterocycles. The van der Waals surface area contributed by atoms with Gasteiger partial charge in [0.15, 0.2) is 0 Å². The lowest BCUT2D eigenvalue weighted by Gasteiger charge is -2.17. The van der Waals surface area contributed by atoms with Crippen molar-refractivity contribution in [3.8, 4) is 0 Å². The molecule has 2 atom stereocenters. The van der Waals surface area contributed by atoms with Crippen LogP contribution in [-0.2, 0) is 9.53 Å². The molecule has 0 aromatic heterocycles. The van der Waals surface area contributed by atoms with Crippen LogP contribution in [0, 0.1) is 6.92 Å². The molecule has 1 amide bonds. The third-order valence-electron chi connectivity index (χ3n) is 3.72. The second-order valence-electron chi connectivity index (χ2n) is 5.14. The van der Waals surface area contributed by atoms with Crippen molar-refractivity contribution in [2.24, 2.45) is 0 Å². The molecule has 0 spiro atoms. The largest absolute Gasteiger partial charge is 0.478 e. The van der Waals surface area contributed by atoms with Crippen LogP contribution < -0.4 is 5.32 Å². The van der Waals surface area contributed by atoms with Gasteiger partial charge in [-0.3, -0.25) is 4.79 Å². The fourth-order valence-electron chi connectivity index (χ4n) is 2.41. The third kappa shape index (κ3) is 3.70. The number of hydrogen-bond acceptors (Lipinski definition) is 3. The smallest absolute Gasteiger partial charge is 0.328 e. The van der Waals surface area contributed by atoms with E-state index in [1.165, 1.54) is 6.08 Å². The maximum Gasteiger partial charge on any atom is 0.328 e. The number of hydrogen-bond donors (Lipinski definition) is 2. The first-order chi connectivity index (χ1) is 9.99. The summed E-state index contributed by atoms with van der Waals surface area (Å²) in [6.45, 7) is 4.41. The lowest BCUT2D eigenvalue weighted by atomic mass is 10.0. The lowest BCUT2D eigenvalue weighted by molar-refractivity contribution is -0.131. The average molecular weight is 289 g/mol. The van der Waals surface area contributed by atoms with Crippen molar-refractivity contribution in [3.63, 3.8) is 0 Å². The Bertz CT molecular complexity index is 580. The maximum atomic E-state index is 12.4. The topological polar surface area (TPSA) is 75.6 Å². The molecule has 1 fully saturated rings. The van der Waals surface area contributed by atoms with Gasteiger partial charge in [0, 0.05) is 18.2 Å². The second kappa shape index (κ2) is 6.54. The maximum absolute atomic E-state index is 12.4. The van der Waals surface area contributed by atoms with Crippen molar-refractivity contribution in [1.82, 2.24) is 5.32 Å². The van der Waals surface area contributed by atoms with Gasteiger partial charge in [0.1, 0.15) is 0 Å². The highest BCUT2D eigenvalue weighted by Crippen LogP contribution is 2.18. The summed E-state index contributed by atoms with van der Waals surface area (Å²) in [7, 11) is 0. The van der Waals surface area contributed by atoms with Gasteiger partial charge in [-0.25, -0.2) is 4.79 Å². The first-order valence-electron chi connectivity index (χ1n) is 6.92. The van der Waals surface area contributed by atoms with Gasteiger partial charge in [0.25, 0.3) is 5.91 Å².